The Hall–Kier alpha value is -3.93. The van der Waals surface area contributed by atoms with Crippen molar-refractivity contribution in [2.24, 2.45) is 0 Å². The first-order chi connectivity index (χ1) is 16.1. The molecule has 33 heavy (non-hydrogen) atoms. The van der Waals surface area contributed by atoms with Crippen LogP contribution in [-0.4, -0.2) is 25.6 Å². The van der Waals surface area contributed by atoms with E-state index >= 15 is 0 Å². The first kappa shape index (κ1) is 19.7. The van der Waals surface area contributed by atoms with E-state index in [0.717, 1.165) is 51.1 Å². The Labute approximate surface area is 190 Å². The van der Waals surface area contributed by atoms with Gasteiger partial charge in [0.25, 0.3) is 5.56 Å². The number of aromatic nitrogens is 1. The molecule has 0 bridgehead atoms. The number of ether oxygens (including phenoxy) is 4. The summed E-state index contributed by atoms with van der Waals surface area (Å²) in [5.74, 6) is 2.46. The van der Waals surface area contributed by atoms with Crippen LogP contribution in [0.4, 0.5) is 0 Å². The average molecular weight is 441 g/mol. The van der Waals surface area contributed by atoms with Crippen molar-refractivity contribution in [3.63, 3.8) is 0 Å². The Morgan fingerprint density at radius 2 is 1.79 bits per heavy atom. The average Bonchev–Trinajstić information content (AvgIpc) is 3.29. The van der Waals surface area contributed by atoms with Gasteiger partial charge in [0.2, 0.25) is 6.79 Å². The van der Waals surface area contributed by atoms with Gasteiger partial charge in [-0.3, -0.25) is 4.79 Å². The molecule has 3 heterocycles. The van der Waals surface area contributed by atoms with Crippen LogP contribution < -0.4 is 24.5 Å². The molecule has 0 saturated heterocycles. The molecule has 6 heteroatoms. The van der Waals surface area contributed by atoms with E-state index in [1.54, 1.807) is 14.2 Å². The fraction of sp³-hybridized carbons (Fsp3) is 0.222. The first-order valence-corrected chi connectivity index (χ1v) is 10.9. The zero-order valence-electron chi connectivity index (χ0n) is 18.7. The number of hydrogen-bond acceptors (Lipinski definition) is 5. The van der Waals surface area contributed by atoms with Crippen molar-refractivity contribution in [1.82, 2.24) is 4.57 Å². The minimum absolute atomic E-state index is 0.0875. The highest BCUT2D eigenvalue weighted by Crippen LogP contribution is 2.47. The number of hydrogen-bond donors (Lipinski definition) is 0. The van der Waals surface area contributed by atoms with Crippen LogP contribution in [0.2, 0.25) is 0 Å². The van der Waals surface area contributed by atoms with Gasteiger partial charge in [-0.25, -0.2) is 0 Å². The second kappa shape index (κ2) is 7.30. The Bertz CT molecular complexity index is 1500. The normalized spacial score (nSPS) is 13.5. The Kier molecular flexibility index (Phi) is 4.37. The lowest BCUT2D eigenvalue weighted by Gasteiger charge is -2.27. The van der Waals surface area contributed by atoms with Crippen molar-refractivity contribution < 1.29 is 18.9 Å². The smallest absolute Gasteiger partial charge is 0.262 e. The summed E-state index contributed by atoms with van der Waals surface area (Å²) in [6.45, 7) is 2.85. The third-order valence-corrected chi connectivity index (χ3v) is 6.55. The Morgan fingerprint density at radius 1 is 0.970 bits per heavy atom. The van der Waals surface area contributed by atoms with Crippen LogP contribution in [0.25, 0.3) is 33.2 Å². The van der Waals surface area contributed by atoms with Gasteiger partial charge in [-0.15, -0.1) is 0 Å². The summed E-state index contributed by atoms with van der Waals surface area (Å²) in [6, 6.07) is 16.2. The number of methoxy groups -OCH3 is 2. The van der Waals surface area contributed by atoms with Gasteiger partial charge >= 0.3 is 0 Å². The molecule has 0 radical (unpaired) electrons. The predicted molar refractivity (Wildman–Crippen MR) is 127 cm³/mol. The number of pyridine rings is 1. The maximum absolute atomic E-state index is 13.9. The highest BCUT2D eigenvalue weighted by atomic mass is 16.7. The molecule has 0 aliphatic carbocycles. The van der Waals surface area contributed by atoms with Crippen molar-refractivity contribution in [2.45, 2.75) is 19.9 Å². The van der Waals surface area contributed by atoms with E-state index in [0.29, 0.717) is 29.2 Å². The van der Waals surface area contributed by atoms with E-state index in [4.69, 9.17) is 18.9 Å². The summed E-state index contributed by atoms with van der Waals surface area (Å²) >= 11 is 0. The molecule has 6 rings (SSSR count). The number of aryl methyl sites for hydroxylation is 2. The number of benzene rings is 3. The number of fused-ring (bicyclic) bond motifs is 5. The molecule has 3 aromatic carbocycles. The maximum Gasteiger partial charge on any atom is 0.262 e. The van der Waals surface area contributed by atoms with Crippen LogP contribution >= 0.6 is 0 Å². The zero-order valence-corrected chi connectivity index (χ0v) is 18.7. The monoisotopic (exact) mass is 441 g/mol. The summed E-state index contributed by atoms with van der Waals surface area (Å²) in [7, 11) is 3.16. The molecule has 6 nitrogen and oxygen atoms in total. The molecule has 0 unspecified atom stereocenters. The van der Waals surface area contributed by atoms with Gasteiger partial charge in [-0.05, 0) is 48.7 Å². The van der Waals surface area contributed by atoms with E-state index in [1.165, 1.54) is 0 Å². The van der Waals surface area contributed by atoms with Crippen LogP contribution in [0.15, 0.2) is 53.3 Å². The van der Waals surface area contributed by atoms with Crippen molar-refractivity contribution in [1.29, 1.82) is 0 Å². The van der Waals surface area contributed by atoms with E-state index in [-0.39, 0.29) is 12.4 Å². The fourth-order valence-electron chi connectivity index (χ4n) is 5.08. The maximum atomic E-state index is 13.9. The third-order valence-electron chi connectivity index (χ3n) is 6.55. The quantitative estimate of drug-likeness (QED) is 0.450. The second-order valence-electron chi connectivity index (χ2n) is 8.39. The van der Waals surface area contributed by atoms with Crippen molar-refractivity contribution in [2.75, 3.05) is 21.0 Å². The minimum atomic E-state index is -0.0875. The first-order valence-electron chi connectivity index (χ1n) is 10.9. The standard InChI is InChI=1S/C27H23NO5/c1-15-5-4-6-17(11-15)23-18-7-8-20(30-2)26(31-3)24(18)27(29)28-10-9-16-12-21-22(33-14-32-21)13-19(16)25(23)28/h4-8,11-13H,9-10,14H2,1-3H3. The Balaban J connectivity index is 1.80. The lowest BCUT2D eigenvalue weighted by Crippen LogP contribution is -2.27. The van der Waals surface area contributed by atoms with E-state index in [9.17, 15) is 4.79 Å². The van der Waals surface area contributed by atoms with Gasteiger partial charge in [0, 0.05) is 23.1 Å². The molecule has 1 aromatic heterocycles. The van der Waals surface area contributed by atoms with Crippen LogP contribution in [0.5, 0.6) is 23.0 Å². The molecule has 4 aromatic rings. The molecular formula is C27H23NO5. The molecule has 0 fully saturated rings. The summed E-state index contributed by atoms with van der Waals surface area (Å²) in [5, 5.41) is 1.36. The third kappa shape index (κ3) is 2.83. The van der Waals surface area contributed by atoms with Gasteiger partial charge in [-0.2, -0.15) is 0 Å². The molecule has 166 valence electrons. The van der Waals surface area contributed by atoms with Crippen molar-refractivity contribution in [3.8, 4) is 45.4 Å². The highest BCUT2D eigenvalue weighted by molar-refractivity contribution is 6.06. The molecular weight excluding hydrogens is 418 g/mol. The van der Waals surface area contributed by atoms with Gasteiger partial charge in [-0.1, -0.05) is 29.8 Å². The fourth-order valence-corrected chi connectivity index (χ4v) is 5.08. The largest absolute Gasteiger partial charge is 0.493 e. The molecule has 0 atom stereocenters. The second-order valence-corrected chi connectivity index (χ2v) is 8.39. The number of rotatable bonds is 3. The predicted octanol–water partition coefficient (Wildman–Crippen LogP) is 4.95. The topological polar surface area (TPSA) is 58.9 Å². The lowest BCUT2D eigenvalue weighted by molar-refractivity contribution is 0.174. The molecule has 2 aliphatic rings. The minimum Gasteiger partial charge on any atom is -0.493 e. The van der Waals surface area contributed by atoms with Crippen LogP contribution in [0, 0.1) is 6.92 Å². The summed E-state index contributed by atoms with van der Waals surface area (Å²) in [5.41, 5.74) is 6.13. The van der Waals surface area contributed by atoms with Gasteiger partial charge in [0.05, 0.1) is 25.3 Å². The van der Waals surface area contributed by atoms with Crippen LogP contribution in [0.1, 0.15) is 11.1 Å². The van der Waals surface area contributed by atoms with Crippen LogP contribution in [-0.2, 0) is 13.0 Å². The summed E-state index contributed by atoms with van der Waals surface area (Å²) in [6.07, 6.45) is 0.726. The molecule has 0 saturated carbocycles. The van der Waals surface area contributed by atoms with Gasteiger partial charge < -0.3 is 23.5 Å². The molecule has 0 spiro atoms. The van der Waals surface area contributed by atoms with E-state index in [2.05, 4.69) is 25.1 Å². The summed E-state index contributed by atoms with van der Waals surface area (Å²) in [4.78, 5) is 13.9. The van der Waals surface area contributed by atoms with Crippen molar-refractivity contribution in [3.05, 3.63) is 70.0 Å². The van der Waals surface area contributed by atoms with Crippen molar-refractivity contribution >= 4 is 10.8 Å². The highest BCUT2D eigenvalue weighted by Gasteiger charge is 2.29. The van der Waals surface area contributed by atoms with Gasteiger partial charge in [0.15, 0.2) is 23.0 Å². The van der Waals surface area contributed by atoms with E-state index < -0.39 is 0 Å². The molecule has 0 N–H and O–H groups in total. The Morgan fingerprint density at radius 3 is 2.55 bits per heavy atom. The SMILES string of the molecule is COc1ccc2c(-c3cccc(C)c3)c3n(c(=O)c2c1OC)CCc1cc2c(cc1-3)OCO2. The van der Waals surface area contributed by atoms with E-state index in [1.807, 2.05) is 34.9 Å². The lowest BCUT2D eigenvalue weighted by atomic mass is 9.88. The number of nitrogens with zero attached hydrogens (tertiary/aromatic N) is 1. The molecule has 2 aliphatic heterocycles. The molecule has 0 amide bonds. The summed E-state index contributed by atoms with van der Waals surface area (Å²) < 4.78 is 24.4. The van der Waals surface area contributed by atoms with Crippen LogP contribution in [0.3, 0.4) is 0 Å². The van der Waals surface area contributed by atoms with Gasteiger partial charge in [0.1, 0.15) is 0 Å². The zero-order chi connectivity index (χ0) is 22.7.